The van der Waals surface area contributed by atoms with Crippen LogP contribution in [0.25, 0.3) is 11.2 Å². The molecule has 1 saturated heterocycles. The summed E-state index contributed by atoms with van der Waals surface area (Å²) in [5, 5.41) is 3.94. The molecule has 13 heteroatoms. The number of halogens is 5. The summed E-state index contributed by atoms with van der Waals surface area (Å²) < 4.78 is 65.2. The van der Waals surface area contributed by atoms with Gasteiger partial charge in [0.1, 0.15) is 24.2 Å². The third-order valence-electron chi connectivity index (χ3n) is 6.50. The van der Waals surface area contributed by atoms with Crippen molar-refractivity contribution in [2.75, 3.05) is 31.6 Å². The van der Waals surface area contributed by atoms with E-state index in [2.05, 4.69) is 20.1 Å². The highest BCUT2D eigenvalue weighted by Crippen LogP contribution is 2.37. The Labute approximate surface area is 204 Å². The number of alkyl halides is 5. The molecular formula is C23H26F5N7O. The number of carbonyl (C=O) groups excluding carboxylic acids is 1. The molecule has 194 valence electrons. The van der Waals surface area contributed by atoms with E-state index < -0.39 is 24.7 Å². The molecule has 4 rings (SSSR count). The molecule has 0 atom stereocenters. The number of rotatable bonds is 9. The average Bonchev–Trinajstić information content (AvgIpc) is 3.21. The normalized spacial score (nSPS) is 16.3. The largest absolute Gasteiger partial charge is 0.417 e. The first-order valence-corrected chi connectivity index (χ1v) is 11.4. The van der Waals surface area contributed by atoms with Crippen molar-refractivity contribution in [1.29, 1.82) is 0 Å². The van der Waals surface area contributed by atoms with E-state index in [1.54, 1.807) is 6.20 Å². The van der Waals surface area contributed by atoms with Gasteiger partial charge in [-0.3, -0.25) is 9.88 Å². The zero-order valence-electron chi connectivity index (χ0n) is 19.6. The van der Waals surface area contributed by atoms with E-state index in [4.69, 9.17) is 0 Å². The predicted molar refractivity (Wildman–Crippen MR) is 121 cm³/mol. The number of hydrogen-bond acceptors (Lipinski definition) is 7. The van der Waals surface area contributed by atoms with Crippen molar-refractivity contribution in [2.45, 2.75) is 45.0 Å². The molecule has 3 aromatic rings. The summed E-state index contributed by atoms with van der Waals surface area (Å²) in [5.41, 5.74) is 0.130. The predicted octanol–water partition coefficient (Wildman–Crippen LogP) is 3.81. The molecule has 0 unspecified atom stereocenters. The number of fused-ring (bicyclic) bond motifs is 1. The minimum absolute atomic E-state index is 0.293. The number of carbonyl (C=O) groups is 1. The maximum absolute atomic E-state index is 12.8. The Kier molecular flexibility index (Phi) is 7.48. The van der Waals surface area contributed by atoms with E-state index in [1.807, 2.05) is 16.8 Å². The van der Waals surface area contributed by atoms with Gasteiger partial charge >= 0.3 is 6.18 Å². The highest BCUT2D eigenvalue weighted by Gasteiger charge is 2.36. The molecule has 0 N–H and O–H groups in total. The summed E-state index contributed by atoms with van der Waals surface area (Å²) in [4.78, 5) is 28.2. The third-order valence-corrected chi connectivity index (χ3v) is 6.50. The lowest BCUT2D eigenvalue weighted by molar-refractivity contribution is -0.137. The molecule has 3 aromatic heterocycles. The van der Waals surface area contributed by atoms with Gasteiger partial charge in [0.2, 0.25) is 0 Å². The van der Waals surface area contributed by atoms with Crippen LogP contribution in [0.5, 0.6) is 0 Å². The van der Waals surface area contributed by atoms with E-state index in [0.29, 0.717) is 68.1 Å². The first-order valence-electron chi connectivity index (χ1n) is 11.4. The second-order valence-electron chi connectivity index (χ2n) is 9.22. The van der Waals surface area contributed by atoms with E-state index >= 15 is 0 Å². The van der Waals surface area contributed by atoms with Crippen molar-refractivity contribution in [3.63, 3.8) is 0 Å². The fraction of sp³-hybridized carbons (Fsp3) is 0.522. The summed E-state index contributed by atoms with van der Waals surface area (Å²) in [6, 6.07) is 2.38. The molecular weight excluding hydrogens is 485 g/mol. The fourth-order valence-electron chi connectivity index (χ4n) is 4.66. The molecule has 36 heavy (non-hydrogen) atoms. The van der Waals surface area contributed by atoms with Crippen molar-refractivity contribution >= 4 is 23.3 Å². The first-order chi connectivity index (χ1) is 17.1. The Morgan fingerprint density at radius 2 is 1.89 bits per heavy atom. The van der Waals surface area contributed by atoms with Gasteiger partial charge in [-0.25, -0.2) is 23.4 Å². The summed E-state index contributed by atoms with van der Waals surface area (Å²) in [7, 11) is 1.85. The van der Waals surface area contributed by atoms with Gasteiger partial charge in [-0.1, -0.05) is 0 Å². The van der Waals surface area contributed by atoms with Gasteiger partial charge in [-0.05, 0) is 37.4 Å². The zero-order chi connectivity index (χ0) is 25.9. The van der Waals surface area contributed by atoms with Gasteiger partial charge in [0.05, 0.1) is 23.7 Å². The van der Waals surface area contributed by atoms with Gasteiger partial charge in [0.25, 0.3) is 6.43 Å². The Morgan fingerprint density at radius 1 is 1.14 bits per heavy atom. The number of nitrogens with zero attached hydrogens (tertiary/aromatic N) is 7. The molecule has 0 spiro atoms. The van der Waals surface area contributed by atoms with Crippen molar-refractivity contribution in [1.82, 2.24) is 29.6 Å². The number of aromatic nitrogens is 5. The van der Waals surface area contributed by atoms with E-state index in [0.717, 1.165) is 23.2 Å². The molecule has 0 saturated carbocycles. The second kappa shape index (κ2) is 10.4. The van der Waals surface area contributed by atoms with Crippen molar-refractivity contribution in [2.24, 2.45) is 5.41 Å². The lowest BCUT2D eigenvalue weighted by atomic mass is 9.75. The van der Waals surface area contributed by atoms with Crippen LogP contribution < -0.4 is 4.90 Å². The molecule has 1 fully saturated rings. The minimum atomic E-state index is -4.43. The van der Waals surface area contributed by atoms with Gasteiger partial charge in [-0.2, -0.15) is 18.3 Å². The van der Waals surface area contributed by atoms with Gasteiger partial charge in [0, 0.05) is 38.8 Å². The van der Waals surface area contributed by atoms with Crippen molar-refractivity contribution in [3.8, 4) is 0 Å². The summed E-state index contributed by atoms with van der Waals surface area (Å²) in [6.07, 6.45) is -0.587. The Bertz CT molecular complexity index is 1170. The highest BCUT2D eigenvalue weighted by atomic mass is 19.4. The lowest BCUT2D eigenvalue weighted by Gasteiger charge is -2.43. The van der Waals surface area contributed by atoms with E-state index in [-0.39, 0.29) is 5.41 Å². The lowest BCUT2D eigenvalue weighted by Crippen LogP contribution is -2.46. The Morgan fingerprint density at radius 3 is 2.50 bits per heavy atom. The van der Waals surface area contributed by atoms with Gasteiger partial charge < -0.3 is 9.69 Å². The molecule has 0 aromatic carbocycles. The van der Waals surface area contributed by atoms with Crippen LogP contribution in [0.4, 0.5) is 27.8 Å². The van der Waals surface area contributed by atoms with Crippen LogP contribution in [0.1, 0.15) is 30.5 Å². The molecule has 8 nitrogen and oxygen atoms in total. The van der Waals surface area contributed by atoms with E-state index in [1.165, 1.54) is 12.3 Å². The van der Waals surface area contributed by atoms with Crippen molar-refractivity contribution in [3.05, 3.63) is 42.0 Å². The van der Waals surface area contributed by atoms with Crippen LogP contribution in [0.2, 0.25) is 0 Å². The molecule has 0 bridgehead atoms. The van der Waals surface area contributed by atoms with Crippen LogP contribution in [-0.2, 0) is 24.1 Å². The Balaban J connectivity index is 1.41. The van der Waals surface area contributed by atoms with Gasteiger partial charge in [-0.15, -0.1) is 0 Å². The highest BCUT2D eigenvalue weighted by molar-refractivity contribution is 5.71. The number of aldehydes is 1. The third kappa shape index (κ3) is 5.94. The smallest absolute Gasteiger partial charge is 0.355 e. The topological polar surface area (TPSA) is 80.0 Å². The second-order valence-corrected chi connectivity index (χ2v) is 9.22. The van der Waals surface area contributed by atoms with Crippen LogP contribution in [0.15, 0.2) is 30.7 Å². The number of anilines is 1. The summed E-state index contributed by atoms with van der Waals surface area (Å²) in [5.74, 6) is 0.556. The zero-order valence-corrected chi connectivity index (χ0v) is 19.6. The molecule has 1 aliphatic rings. The molecule has 0 aliphatic carbocycles. The average molecular weight is 511 g/mol. The Hall–Kier alpha value is -3.22. The number of piperidine rings is 1. The molecule has 0 radical (unpaired) electrons. The van der Waals surface area contributed by atoms with E-state index in [9.17, 15) is 26.7 Å². The molecule has 4 heterocycles. The fourth-order valence-corrected chi connectivity index (χ4v) is 4.66. The maximum Gasteiger partial charge on any atom is 0.417 e. The van der Waals surface area contributed by atoms with Gasteiger partial charge in [0.15, 0.2) is 5.65 Å². The monoisotopic (exact) mass is 511 g/mol. The standard InChI is InChI=1S/C23H26F5N7O/c1-33(13-17-3-2-16(10-29-17)23(26,27)28)15-22(6-9-36)4-7-34(8-5-22)20-12-30-18-11-31-35(14-19(24)25)21(18)32-20/h2-3,9-12,19H,4-8,13-15H2,1H3. The first kappa shape index (κ1) is 25.9. The number of pyridine rings is 1. The SMILES string of the molecule is CN(Cc1ccc(C(F)(F)F)cn1)CC1(CC=O)CCN(c2cnc3cnn(CC(F)F)c3n2)CC1. The minimum Gasteiger partial charge on any atom is -0.355 e. The molecule has 0 amide bonds. The van der Waals surface area contributed by atoms with Crippen molar-refractivity contribution < 1.29 is 26.7 Å². The number of hydrogen-bond donors (Lipinski definition) is 0. The van der Waals surface area contributed by atoms with Crippen LogP contribution in [0, 0.1) is 5.41 Å². The van der Waals surface area contributed by atoms with Crippen LogP contribution >= 0.6 is 0 Å². The summed E-state index contributed by atoms with van der Waals surface area (Å²) in [6.45, 7) is 1.52. The maximum atomic E-state index is 12.8. The summed E-state index contributed by atoms with van der Waals surface area (Å²) >= 11 is 0. The molecule has 1 aliphatic heterocycles. The van der Waals surface area contributed by atoms with Crippen LogP contribution in [0.3, 0.4) is 0 Å². The van der Waals surface area contributed by atoms with Crippen LogP contribution in [-0.4, -0.2) is 69.0 Å². The quantitative estimate of drug-likeness (QED) is 0.319.